The van der Waals surface area contributed by atoms with E-state index in [1.165, 1.54) is 6.33 Å². The van der Waals surface area contributed by atoms with Crippen LogP contribution in [0.3, 0.4) is 0 Å². The second kappa shape index (κ2) is 7.38. The Labute approximate surface area is 149 Å². The van der Waals surface area contributed by atoms with E-state index in [1.54, 1.807) is 52.4 Å². The number of pyridine rings is 2. The van der Waals surface area contributed by atoms with Gasteiger partial charge in [-0.15, -0.1) is 0 Å². The van der Waals surface area contributed by atoms with Crippen LogP contribution in [0.25, 0.3) is 11.6 Å². The lowest BCUT2D eigenvalue weighted by atomic mass is 10.4. The summed E-state index contributed by atoms with van der Waals surface area (Å²) in [6.45, 7) is 3.69. The Morgan fingerprint density at radius 3 is 1.92 bits per heavy atom. The molecule has 0 aromatic carbocycles. The van der Waals surface area contributed by atoms with Crippen LogP contribution < -0.4 is 11.5 Å². The highest BCUT2D eigenvalue weighted by molar-refractivity contribution is 5.39. The zero-order chi connectivity index (χ0) is 18.5. The summed E-state index contributed by atoms with van der Waals surface area (Å²) >= 11 is 0. The van der Waals surface area contributed by atoms with Gasteiger partial charge in [0.1, 0.15) is 24.3 Å². The fourth-order valence-electron chi connectivity index (χ4n) is 2.04. The maximum atomic E-state index is 5.51. The standard InChI is InChI=1S/2C8H9N5/c1-6-11-5-13(12-6)8-3-2-7(9)4-10-8;1-6-11-5-12-13(6)8-3-2-7(9)4-10-8/h2*2-5H,9H2,1H3. The minimum absolute atomic E-state index is 0.639. The summed E-state index contributed by atoms with van der Waals surface area (Å²) in [5, 5.41) is 8.13. The van der Waals surface area contributed by atoms with Gasteiger partial charge in [0.2, 0.25) is 0 Å². The summed E-state index contributed by atoms with van der Waals surface area (Å²) in [5.74, 6) is 2.97. The predicted octanol–water partition coefficient (Wildman–Crippen LogP) is 1.11. The summed E-state index contributed by atoms with van der Waals surface area (Å²) in [6.07, 6.45) is 6.30. The second-order valence-electron chi connectivity index (χ2n) is 5.35. The van der Waals surface area contributed by atoms with E-state index in [0.717, 1.165) is 23.3 Å². The lowest BCUT2D eigenvalue weighted by Gasteiger charge is -2.00. The van der Waals surface area contributed by atoms with E-state index in [9.17, 15) is 0 Å². The first-order chi connectivity index (χ1) is 12.5. The highest BCUT2D eigenvalue weighted by Crippen LogP contribution is 2.06. The van der Waals surface area contributed by atoms with Crippen molar-refractivity contribution in [1.29, 1.82) is 0 Å². The van der Waals surface area contributed by atoms with E-state index in [0.29, 0.717) is 11.4 Å². The number of aryl methyl sites for hydroxylation is 2. The minimum atomic E-state index is 0.639. The van der Waals surface area contributed by atoms with Crippen molar-refractivity contribution in [2.24, 2.45) is 0 Å². The molecule has 4 rings (SSSR count). The molecule has 0 unspecified atom stereocenters. The van der Waals surface area contributed by atoms with E-state index < -0.39 is 0 Å². The number of nitrogens with two attached hydrogens (primary N) is 2. The fraction of sp³-hybridized carbons (Fsp3) is 0.125. The highest BCUT2D eigenvalue weighted by atomic mass is 15.4. The molecule has 4 heterocycles. The van der Waals surface area contributed by atoms with Crippen LogP contribution in [0, 0.1) is 13.8 Å². The SMILES string of the molecule is Cc1ncn(-c2ccc(N)cn2)n1.Cc1ncnn1-c1ccc(N)cn1. The van der Waals surface area contributed by atoms with Crippen LogP contribution in [0.4, 0.5) is 11.4 Å². The third-order valence-corrected chi connectivity index (χ3v) is 3.32. The maximum absolute atomic E-state index is 5.51. The van der Waals surface area contributed by atoms with E-state index in [2.05, 4.69) is 30.1 Å². The average molecular weight is 350 g/mol. The smallest absolute Gasteiger partial charge is 0.155 e. The van der Waals surface area contributed by atoms with Crippen LogP contribution in [0.15, 0.2) is 49.3 Å². The normalized spacial score (nSPS) is 10.2. The van der Waals surface area contributed by atoms with E-state index in [1.807, 2.05) is 13.8 Å². The largest absolute Gasteiger partial charge is 0.397 e. The van der Waals surface area contributed by atoms with Crippen LogP contribution >= 0.6 is 0 Å². The first kappa shape index (κ1) is 17.0. The number of rotatable bonds is 2. The van der Waals surface area contributed by atoms with E-state index in [4.69, 9.17) is 11.5 Å². The molecule has 0 aliphatic rings. The monoisotopic (exact) mass is 350 g/mol. The Morgan fingerprint density at radius 1 is 0.808 bits per heavy atom. The van der Waals surface area contributed by atoms with Gasteiger partial charge in [-0.3, -0.25) is 0 Å². The van der Waals surface area contributed by atoms with Gasteiger partial charge in [0, 0.05) is 0 Å². The molecule has 0 atom stereocenters. The first-order valence-electron chi connectivity index (χ1n) is 7.71. The minimum Gasteiger partial charge on any atom is -0.397 e. The molecule has 0 amide bonds. The molecule has 0 spiro atoms. The topological polar surface area (TPSA) is 139 Å². The van der Waals surface area contributed by atoms with Crippen LogP contribution in [-0.2, 0) is 0 Å². The van der Waals surface area contributed by atoms with E-state index in [-0.39, 0.29) is 0 Å². The molecule has 0 fully saturated rings. The highest BCUT2D eigenvalue weighted by Gasteiger charge is 2.01. The Bertz CT molecular complexity index is 969. The number of nitrogens with zero attached hydrogens (tertiary/aromatic N) is 8. The van der Waals surface area contributed by atoms with Gasteiger partial charge < -0.3 is 11.5 Å². The fourth-order valence-corrected chi connectivity index (χ4v) is 2.04. The maximum Gasteiger partial charge on any atom is 0.155 e. The van der Waals surface area contributed by atoms with Crippen molar-refractivity contribution in [2.45, 2.75) is 13.8 Å². The van der Waals surface area contributed by atoms with Crippen molar-refractivity contribution in [3.05, 3.63) is 61.0 Å². The van der Waals surface area contributed by atoms with Crippen LogP contribution in [0.5, 0.6) is 0 Å². The molecule has 0 saturated carbocycles. The van der Waals surface area contributed by atoms with Gasteiger partial charge in [0.15, 0.2) is 11.6 Å². The molecule has 26 heavy (non-hydrogen) atoms. The zero-order valence-corrected chi connectivity index (χ0v) is 14.4. The molecule has 132 valence electrons. The summed E-state index contributed by atoms with van der Waals surface area (Å²) in [7, 11) is 0. The van der Waals surface area contributed by atoms with Gasteiger partial charge in [0.25, 0.3) is 0 Å². The Kier molecular flexibility index (Phi) is 4.83. The lowest BCUT2D eigenvalue weighted by Crippen LogP contribution is -2.01. The van der Waals surface area contributed by atoms with Crippen molar-refractivity contribution >= 4 is 11.4 Å². The molecule has 4 aromatic heterocycles. The molecule has 10 heteroatoms. The van der Waals surface area contributed by atoms with Gasteiger partial charge >= 0.3 is 0 Å². The van der Waals surface area contributed by atoms with Gasteiger partial charge in [-0.1, -0.05) is 0 Å². The van der Waals surface area contributed by atoms with Crippen molar-refractivity contribution in [2.75, 3.05) is 11.5 Å². The lowest BCUT2D eigenvalue weighted by molar-refractivity contribution is 0.812. The molecular weight excluding hydrogens is 332 g/mol. The number of nitrogen functional groups attached to an aromatic ring is 2. The molecule has 4 N–H and O–H groups in total. The van der Waals surface area contributed by atoms with Crippen LogP contribution in [0.2, 0.25) is 0 Å². The second-order valence-corrected chi connectivity index (χ2v) is 5.35. The van der Waals surface area contributed by atoms with Crippen molar-refractivity contribution < 1.29 is 0 Å². The summed E-state index contributed by atoms with van der Waals surface area (Å²) in [6, 6.07) is 7.16. The summed E-state index contributed by atoms with van der Waals surface area (Å²) in [4.78, 5) is 16.2. The number of hydrogen-bond acceptors (Lipinski definition) is 8. The summed E-state index contributed by atoms with van der Waals surface area (Å²) < 4.78 is 3.26. The van der Waals surface area contributed by atoms with Gasteiger partial charge in [0.05, 0.1) is 23.8 Å². The van der Waals surface area contributed by atoms with Gasteiger partial charge in [-0.2, -0.15) is 14.9 Å². The molecule has 4 aromatic rings. The Balaban J connectivity index is 0.000000151. The third kappa shape index (κ3) is 3.98. The van der Waals surface area contributed by atoms with Crippen LogP contribution in [-0.4, -0.2) is 39.5 Å². The predicted molar refractivity (Wildman–Crippen MR) is 96.6 cm³/mol. The van der Waals surface area contributed by atoms with Crippen LogP contribution in [0.1, 0.15) is 11.6 Å². The Hall–Kier alpha value is -3.82. The number of hydrogen-bond donors (Lipinski definition) is 2. The summed E-state index contributed by atoms with van der Waals surface area (Å²) in [5.41, 5.74) is 12.3. The quantitative estimate of drug-likeness (QED) is 0.548. The molecule has 0 aliphatic carbocycles. The molecule has 0 aliphatic heterocycles. The van der Waals surface area contributed by atoms with Gasteiger partial charge in [-0.05, 0) is 38.1 Å². The van der Waals surface area contributed by atoms with Crippen molar-refractivity contribution in [3.63, 3.8) is 0 Å². The Morgan fingerprint density at radius 2 is 1.46 bits per heavy atom. The number of anilines is 2. The van der Waals surface area contributed by atoms with Crippen molar-refractivity contribution in [1.82, 2.24) is 39.5 Å². The van der Waals surface area contributed by atoms with E-state index >= 15 is 0 Å². The zero-order valence-electron chi connectivity index (χ0n) is 14.4. The molecular formula is C16H18N10. The molecule has 0 radical (unpaired) electrons. The van der Waals surface area contributed by atoms with Gasteiger partial charge in [-0.25, -0.2) is 24.6 Å². The molecule has 0 saturated heterocycles. The van der Waals surface area contributed by atoms with Crippen molar-refractivity contribution in [3.8, 4) is 11.6 Å². The third-order valence-electron chi connectivity index (χ3n) is 3.32. The molecule has 10 nitrogen and oxygen atoms in total. The average Bonchev–Trinajstić information content (AvgIpc) is 3.25. The number of aromatic nitrogens is 8. The molecule has 0 bridgehead atoms. The first-order valence-corrected chi connectivity index (χ1v) is 7.71.